The molecular formula is C13H15ClN2O2. The van der Waals surface area contributed by atoms with E-state index in [1.807, 2.05) is 25.1 Å². The fraction of sp³-hybridized carbons (Fsp3) is 0.308. The minimum Gasteiger partial charge on any atom is -0.469 e. The third kappa shape index (κ3) is 3.48. The van der Waals surface area contributed by atoms with Gasteiger partial charge in [0.1, 0.15) is 12.4 Å². The van der Waals surface area contributed by atoms with Crippen molar-refractivity contribution in [3.63, 3.8) is 0 Å². The maximum absolute atomic E-state index is 6.06. The molecule has 0 atom stereocenters. The third-order valence-corrected chi connectivity index (χ3v) is 2.76. The molecule has 0 saturated carbocycles. The van der Waals surface area contributed by atoms with E-state index in [0.29, 0.717) is 24.1 Å². The van der Waals surface area contributed by atoms with Gasteiger partial charge in [-0.05, 0) is 24.2 Å². The van der Waals surface area contributed by atoms with Crippen molar-refractivity contribution < 1.29 is 9.15 Å². The van der Waals surface area contributed by atoms with Gasteiger partial charge in [0.2, 0.25) is 5.88 Å². The van der Waals surface area contributed by atoms with E-state index >= 15 is 0 Å². The van der Waals surface area contributed by atoms with Gasteiger partial charge < -0.3 is 14.5 Å². The first-order chi connectivity index (χ1) is 8.79. The van der Waals surface area contributed by atoms with Gasteiger partial charge in [-0.2, -0.15) is 0 Å². The van der Waals surface area contributed by atoms with Crippen molar-refractivity contribution in [2.75, 3.05) is 6.54 Å². The van der Waals surface area contributed by atoms with Crippen LogP contribution in [0.2, 0.25) is 5.02 Å². The van der Waals surface area contributed by atoms with Gasteiger partial charge in [0.05, 0.1) is 11.3 Å². The van der Waals surface area contributed by atoms with Crippen molar-refractivity contribution in [1.29, 1.82) is 0 Å². The molecule has 0 aromatic carbocycles. The van der Waals surface area contributed by atoms with Crippen LogP contribution in [0, 0.1) is 0 Å². The predicted octanol–water partition coefficient (Wildman–Crippen LogP) is 3.02. The van der Waals surface area contributed by atoms with E-state index in [2.05, 4.69) is 10.3 Å². The van der Waals surface area contributed by atoms with Gasteiger partial charge in [-0.1, -0.05) is 18.5 Å². The highest BCUT2D eigenvalue weighted by Crippen LogP contribution is 2.20. The zero-order valence-electron chi connectivity index (χ0n) is 10.1. The molecule has 0 unspecified atom stereocenters. The quantitative estimate of drug-likeness (QED) is 0.873. The molecule has 0 aliphatic heterocycles. The first-order valence-electron chi connectivity index (χ1n) is 5.80. The topological polar surface area (TPSA) is 47.3 Å². The van der Waals surface area contributed by atoms with Gasteiger partial charge in [0.15, 0.2) is 0 Å². The Balaban J connectivity index is 2.00. The summed E-state index contributed by atoms with van der Waals surface area (Å²) in [6.45, 7) is 4.00. The lowest BCUT2D eigenvalue weighted by Gasteiger charge is -2.08. The Morgan fingerprint density at radius 3 is 3.11 bits per heavy atom. The van der Waals surface area contributed by atoms with Crippen molar-refractivity contribution in [3.8, 4) is 5.88 Å². The van der Waals surface area contributed by atoms with E-state index in [-0.39, 0.29) is 0 Å². The van der Waals surface area contributed by atoms with E-state index in [1.165, 1.54) is 0 Å². The van der Waals surface area contributed by atoms with Crippen molar-refractivity contribution in [3.05, 3.63) is 47.0 Å². The first kappa shape index (κ1) is 12.9. The molecule has 2 rings (SSSR count). The summed E-state index contributed by atoms with van der Waals surface area (Å²) in [6.07, 6.45) is 3.22. The van der Waals surface area contributed by atoms with Crippen molar-refractivity contribution in [2.45, 2.75) is 20.1 Å². The Hall–Kier alpha value is -1.52. The molecule has 0 saturated heterocycles. The van der Waals surface area contributed by atoms with Crippen LogP contribution in [0.15, 0.2) is 35.1 Å². The summed E-state index contributed by atoms with van der Waals surface area (Å²) in [5, 5.41) is 3.86. The van der Waals surface area contributed by atoms with Crippen LogP contribution in [0.1, 0.15) is 18.2 Å². The molecule has 0 aliphatic rings. The number of aromatic nitrogens is 1. The Morgan fingerprint density at radius 1 is 1.50 bits per heavy atom. The number of hydrogen-bond acceptors (Lipinski definition) is 4. The van der Waals surface area contributed by atoms with E-state index in [9.17, 15) is 0 Å². The minimum absolute atomic E-state index is 0.363. The molecule has 0 radical (unpaired) electrons. The molecule has 0 bridgehead atoms. The molecule has 5 heteroatoms. The van der Waals surface area contributed by atoms with Crippen molar-refractivity contribution in [2.24, 2.45) is 0 Å². The summed E-state index contributed by atoms with van der Waals surface area (Å²) in [5.41, 5.74) is 0.975. The Morgan fingerprint density at radius 2 is 2.39 bits per heavy atom. The number of halogens is 1. The van der Waals surface area contributed by atoms with E-state index < -0.39 is 0 Å². The first-order valence-corrected chi connectivity index (χ1v) is 6.17. The molecule has 1 N–H and O–H groups in total. The van der Waals surface area contributed by atoms with Gasteiger partial charge in [0.25, 0.3) is 0 Å². The lowest BCUT2D eigenvalue weighted by atomic mass is 10.2. The van der Waals surface area contributed by atoms with Crippen LogP contribution in [0.25, 0.3) is 0 Å². The number of hydrogen-bond donors (Lipinski definition) is 1. The maximum Gasteiger partial charge on any atom is 0.214 e. The number of rotatable bonds is 6. The number of furan rings is 1. The molecule has 0 aliphatic carbocycles. The molecule has 0 fully saturated rings. The smallest absolute Gasteiger partial charge is 0.214 e. The largest absolute Gasteiger partial charge is 0.469 e. The average molecular weight is 267 g/mol. The van der Waals surface area contributed by atoms with Crippen molar-refractivity contribution >= 4 is 11.6 Å². The normalized spacial score (nSPS) is 10.6. The maximum atomic E-state index is 6.06. The van der Waals surface area contributed by atoms with Crippen molar-refractivity contribution in [1.82, 2.24) is 10.3 Å². The molecule has 2 aromatic heterocycles. The molecular weight excluding hydrogens is 252 g/mol. The highest BCUT2D eigenvalue weighted by molar-refractivity contribution is 6.31. The summed E-state index contributed by atoms with van der Waals surface area (Å²) in [7, 11) is 0. The summed E-state index contributed by atoms with van der Waals surface area (Å²) in [5.74, 6) is 1.31. The van der Waals surface area contributed by atoms with Gasteiger partial charge in [0, 0.05) is 18.8 Å². The van der Waals surface area contributed by atoms with Crippen LogP contribution < -0.4 is 10.1 Å². The molecule has 0 spiro atoms. The molecule has 2 heterocycles. The van der Waals surface area contributed by atoms with E-state index in [1.54, 1.807) is 12.5 Å². The van der Waals surface area contributed by atoms with Gasteiger partial charge >= 0.3 is 0 Å². The fourth-order valence-electron chi connectivity index (χ4n) is 1.47. The minimum atomic E-state index is 0.363. The third-order valence-electron chi connectivity index (χ3n) is 2.42. The zero-order chi connectivity index (χ0) is 12.8. The SMILES string of the molecule is CCNCc1cc(OCc2ccco2)ncc1Cl. The number of nitrogens with one attached hydrogen (secondary N) is 1. The number of pyridine rings is 1. The standard InChI is InChI=1S/C13H15ClN2O2/c1-2-15-7-10-6-13(16-8-12(10)14)18-9-11-4-3-5-17-11/h3-6,8,15H,2,7,9H2,1H3. The second-order valence-corrected chi connectivity index (χ2v) is 4.17. The van der Waals surface area contributed by atoms with Crippen LogP contribution in [0.4, 0.5) is 0 Å². The van der Waals surface area contributed by atoms with Crippen LogP contribution in [0.3, 0.4) is 0 Å². The highest BCUT2D eigenvalue weighted by atomic mass is 35.5. The lowest BCUT2D eigenvalue weighted by Crippen LogP contribution is -2.12. The van der Waals surface area contributed by atoms with Crippen LogP contribution in [0.5, 0.6) is 5.88 Å². The Bertz CT molecular complexity index is 486. The highest BCUT2D eigenvalue weighted by Gasteiger charge is 2.05. The van der Waals surface area contributed by atoms with Gasteiger partial charge in [-0.15, -0.1) is 0 Å². The van der Waals surface area contributed by atoms with Gasteiger partial charge in [-0.25, -0.2) is 4.98 Å². The summed E-state index contributed by atoms with van der Waals surface area (Å²) in [6, 6.07) is 5.52. The van der Waals surface area contributed by atoms with Crippen LogP contribution >= 0.6 is 11.6 Å². The zero-order valence-corrected chi connectivity index (χ0v) is 10.9. The van der Waals surface area contributed by atoms with Crippen LogP contribution in [-0.2, 0) is 13.2 Å². The lowest BCUT2D eigenvalue weighted by molar-refractivity contribution is 0.260. The van der Waals surface area contributed by atoms with E-state index in [0.717, 1.165) is 17.9 Å². The molecule has 96 valence electrons. The molecule has 0 amide bonds. The summed E-state index contributed by atoms with van der Waals surface area (Å²) < 4.78 is 10.7. The number of nitrogens with zero attached hydrogens (tertiary/aromatic N) is 1. The summed E-state index contributed by atoms with van der Waals surface area (Å²) >= 11 is 6.06. The number of ether oxygens (including phenoxy) is 1. The monoisotopic (exact) mass is 266 g/mol. The van der Waals surface area contributed by atoms with Crippen LogP contribution in [-0.4, -0.2) is 11.5 Å². The predicted molar refractivity (Wildman–Crippen MR) is 69.7 cm³/mol. The van der Waals surface area contributed by atoms with Gasteiger partial charge in [-0.3, -0.25) is 0 Å². The molecule has 2 aromatic rings. The Kier molecular flexibility index (Phi) is 4.61. The fourth-order valence-corrected chi connectivity index (χ4v) is 1.64. The molecule has 4 nitrogen and oxygen atoms in total. The summed E-state index contributed by atoms with van der Waals surface area (Å²) in [4.78, 5) is 4.12. The Labute approximate surface area is 111 Å². The average Bonchev–Trinajstić information content (AvgIpc) is 2.89. The van der Waals surface area contributed by atoms with E-state index in [4.69, 9.17) is 20.8 Å². The second-order valence-electron chi connectivity index (χ2n) is 3.76. The molecule has 18 heavy (non-hydrogen) atoms. The second kappa shape index (κ2) is 6.42.